The number of aryl methyl sites for hydroxylation is 2. The molecule has 1 aliphatic rings. The monoisotopic (exact) mass is 262 g/mol. The summed E-state index contributed by atoms with van der Waals surface area (Å²) in [5.41, 5.74) is 9.77. The van der Waals surface area contributed by atoms with Crippen LogP contribution in [-0.2, 0) is 4.79 Å². The third-order valence-electron chi connectivity index (χ3n) is 3.98. The molecule has 1 aromatic rings. The summed E-state index contributed by atoms with van der Waals surface area (Å²) in [5, 5.41) is 3.00. The molecular formula is C15H22N2O2. The van der Waals surface area contributed by atoms with Gasteiger partial charge in [-0.3, -0.25) is 4.79 Å². The van der Waals surface area contributed by atoms with Crippen LogP contribution in [0.4, 0.5) is 5.69 Å². The Kier molecular flexibility index (Phi) is 3.80. The Bertz CT molecular complexity index is 505. The van der Waals surface area contributed by atoms with Gasteiger partial charge in [0.15, 0.2) is 0 Å². The molecule has 0 unspecified atom stereocenters. The minimum Gasteiger partial charge on any atom is -0.494 e. The van der Waals surface area contributed by atoms with Gasteiger partial charge in [0.1, 0.15) is 5.75 Å². The summed E-state index contributed by atoms with van der Waals surface area (Å²) in [6.07, 6.45) is 1.55. The molecular weight excluding hydrogens is 240 g/mol. The number of carbonyl (C=O) groups excluding carboxylic acids is 1. The molecule has 4 heteroatoms. The second kappa shape index (κ2) is 5.21. The Labute approximate surface area is 114 Å². The van der Waals surface area contributed by atoms with Gasteiger partial charge in [-0.1, -0.05) is 6.07 Å². The first-order valence-corrected chi connectivity index (χ1v) is 6.65. The second-order valence-corrected chi connectivity index (χ2v) is 5.46. The molecule has 1 amide bonds. The number of nitrogens with one attached hydrogen (secondary N) is 1. The highest BCUT2D eigenvalue weighted by Crippen LogP contribution is 2.35. The van der Waals surface area contributed by atoms with Crippen LogP contribution in [0.2, 0.25) is 0 Å². The summed E-state index contributed by atoms with van der Waals surface area (Å²) in [6.45, 7) is 6.03. The molecule has 0 bridgehead atoms. The Morgan fingerprint density at radius 2 is 1.95 bits per heavy atom. The van der Waals surface area contributed by atoms with Gasteiger partial charge in [-0.2, -0.15) is 0 Å². The highest BCUT2D eigenvalue weighted by molar-refractivity contribution is 5.95. The van der Waals surface area contributed by atoms with Crippen molar-refractivity contribution in [2.75, 3.05) is 12.4 Å². The zero-order chi connectivity index (χ0) is 14.2. The van der Waals surface area contributed by atoms with E-state index >= 15 is 0 Å². The fourth-order valence-electron chi connectivity index (χ4n) is 2.56. The zero-order valence-corrected chi connectivity index (χ0v) is 12.0. The number of rotatable bonds is 3. The number of carbonyl (C=O) groups is 1. The minimum atomic E-state index is 0.0423. The highest BCUT2D eigenvalue weighted by atomic mass is 16.5. The molecule has 1 saturated carbocycles. The van der Waals surface area contributed by atoms with Gasteiger partial charge in [-0.05, 0) is 50.3 Å². The molecule has 3 N–H and O–H groups in total. The minimum absolute atomic E-state index is 0.0423. The van der Waals surface area contributed by atoms with E-state index in [4.69, 9.17) is 10.5 Å². The van der Waals surface area contributed by atoms with E-state index in [0.717, 1.165) is 41.0 Å². The molecule has 0 saturated heterocycles. The van der Waals surface area contributed by atoms with Crippen molar-refractivity contribution in [1.82, 2.24) is 0 Å². The molecule has 0 aliphatic heterocycles. The average molecular weight is 262 g/mol. The first-order chi connectivity index (χ1) is 8.93. The molecule has 0 atom stereocenters. The first-order valence-electron chi connectivity index (χ1n) is 6.65. The molecule has 0 heterocycles. The van der Waals surface area contributed by atoms with Gasteiger partial charge in [0.2, 0.25) is 5.91 Å². The standard InChI is InChI=1S/C15H22N2O2/c1-8-5-9(2)13(14(19-4)10(8)3)17-15(18)11-6-12(16)7-11/h5,11-12H,6-7,16H2,1-4H3,(H,17,18). The van der Waals surface area contributed by atoms with E-state index in [0.29, 0.717) is 0 Å². The smallest absolute Gasteiger partial charge is 0.227 e. The van der Waals surface area contributed by atoms with Gasteiger partial charge in [-0.15, -0.1) is 0 Å². The quantitative estimate of drug-likeness (QED) is 0.878. The van der Waals surface area contributed by atoms with Crippen molar-refractivity contribution in [1.29, 1.82) is 0 Å². The molecule has 1 aliphatic carbocycles. The van der Waals surface area contributed by atoms with Crippen LogP contribution in [0.5, 0.6) is 5.75 Å². The summed E-state index contributed by atoms with van der Waals surface area (Å²) in [6, 6.07) is 2.25. The summed E-state index contributed by atoms with van der Waals surface area (Å²) >= 11 is 0. The lowest BCUT2D eigenvalue weighted by atomic mass is 9.80. The SMILES string of the molecule is COc1c(C)c(C)cc(C)c1NC(=O)C1CC(N)C1. The number of hydrogen-bond donors (Lipinski definition) is 2. The summed E-state index contributed by atoms with van der Waals surface area (Å²) < 4.78 is 5.45. The van der Waals surface area contributed by atoms with Crippen molar-refractivity contribution in [2.24, 2.45) is 11.7 Å². The van der Waals surface area contributed by atoms with Crippen molar-refractivity contribution in [3.05, 3.63) is 22.8 Å². The van der Waals surface area contributed by atoms with Crippen LogP contribution < -0.4 is 15.8 Å². The van der Waals surface area contributed by atoms with Crippen molar-refractivity contribution in [2.45, 2.75) is 39.7 Å². The number of hydrogen-bond acceptors (Lipinski definition) is 3. The van der Waals surface area contributed by atoms with Gasteiger partial charge in [0, 0.05) is 12.0 Å². The van der Waals surface area contributed by atoms with Crippen LogP contribution in [0.3, 0.4) is 0 Å². The number of benzene rings is 1. The molecule has 2 rings (SSSR count). The van der Waals surface area contributed by atoms with Crippen LogP contribution in [0.15, 0.2) is 6.07 Å². The lowest BCUT2D eigenvalue weighted by molar-refractivity contribution is -0.122. The molecule has 104 valence electrons. The summed E-state index contributed by atoms with van der Waals surface area (Å²) in [7, 11) is 1.64. The molecule has 0 spiro atoms. The Morgan fingerprint density at radius 3 is 2.47 bits per heavy atom. The van der Waals surface area contributed by atoms with Crippen molar-refractivity contribution < 1.29 is 9.53 Å². The third-order valence-corrected chi connectivity index (χ3v) is 3.98. The zero-order valence-electron chi connectivity index (χ0n) is 12.0. The van der Waals surface area contributed by atoms with Gasteiger partial charge in [0.05, 0.1) is 12.8 Å². The molecule has 0 aromatic heterocycles. The summed E-state index contributed by atoms with van der Waals surface area (Å²) in [4.78, 5) is 12.1. The number of ether oxygens (including phenoxy) is 1. The number of anilines is 1. The van der Waals surface area contributed by atoms with E-state index in [2.05, 4.69) is 11.4 Å². The van der Waals surface area contributed by atoms with E-state index in [1.807, 2.05) is 20.8 Å². The van der Waals surface area contributed by atoms with Gasteiger partial charge in [-0.25, -0.2) is 0 Å². The van der Waals surface area contributed by atoms with Crippen LogP contribution in [0.25, 0.3) is 0 Å². The molecule has 0 radical (unpaired) electrons. The van der Waals surface area contributed by atoms with Crippen LogP contribution in [-0.4, -0.2) is 19.1 Å². The maximum atomic E-state index is 12.1. The van der Waals surface area contributed by atoms with E-state index in [1.165, 1.54) is 0 Å². The molecule has 1 fully saturated rings. The highest BCUT2D eigenvalue weighted by Gasteiger charge is 2.32. The Hall–Kier alpha value is -1.55. The van der Waals surface area contributed by atoms with Crippen molar-refractivity contribution in [3.8, 4) is 5.75 Å². The van der Waals surface area contributed by atoms with E-state index in [9.17, 15) is 4.79 Å². The number of methoxy groups -OCH3 is 1. The maximum absolute atomic E-state index is 12.1. The summed E-state index contributed by atoms with van der Waals surface area (Å²) in [5.74, 6) is 0.849. The van der Waals surface area contributed by atoms with E-state index in [-0.39, 0.29) is 17.9 Å². The normalized spacial score (nSPS) is 21.7. The number of nitrogens with two attached hydrogens (primary N) is 1. The Morgan fingerprint density at radius 1 is 1.32 bits per heavy atom. The second-order valence-electron chi connectivity index (χ2n) is 5.46. The van der Waals surface area contributed by atoms with Crippen LogP contribution >= 0.6 is 0 Å². The fourth-order valence-corrected chi connectivity index (χ4v) is 2.56. The largest absolute Gasteiger partial charge is 0.494 e. The van der Waals surface area contributed by atoms with Crippen molar-refractivity contribution >= 4 is 11.6 Å². The van der Waals surface area contributed by atoms with E-state index in [1.54, 1.807) is 7.11 Å². The van der Waals surface area contributed by atoms with Crippen LogP contribution in [0.1, 0.15) is 29.5 Å². The fraction of sp³-hybridized carbons (Fsp3) is 0.533. The molecule has 1 aromatic carbocycles. The Balaban J connectivity index is 2.24. The lowest BCUT2D eigenvalue weighted by Crippen LogP contribution is -2.42. The predicted molar refractivity (Wildman–Crippen MR) is 76.5 cm³/mol. The maximum Gasteiger partial charge on any atom is 0.227 e. The lowest BCUT2D eigenvalue weighted by Gasteiger charge is -2.31. The van der Waals surface area contributed by atoms with Crippen LogP contribution in [0, 0.1) is 26.7 Å². The molecule has 19 heavy (non-hydrogen) atoms. The van der Waals surface area contributed by atoms with Gasteiger partial charge in [0.25, 0.3) is 0 Å². The van der Waals surface area contributed by atoms with Gasteiger partial charge < -0.3 is 15.8 Å². The molecule has 4 nitrogen and oxygen atoms in total. The topological polar surface area (TPSA) is 64.3 Å². The third kappa shape index (κ3) is 2.59. The van der Waals surface area contributed by atoms with E-state index < -0.39 is 0 Å². The first kappa shape index (κ1) is 13.9. The van der Waals surface area contributed by atoms with Gasteiger partial charge >= 0.3 is 0 Å². The average Bonchev–Trinajstić information content (AvgIpc) is 2.32. The van der Waals surface area contributed by atoms with Crippen molar-refractivity contribution in [3.63, 3.8) is 0 Å². The predicted octanol–water partition coefficient (Wildman–Crippen LogP) is 2.30. The number of amides is 1.